The highest BCUT2D eigenvalue weighted by Gasteiger charge is 2.28. The van der Waals surface area contributed by atoms with E-state index in [2.05, 4.69) is 5.32 Å². The number of anilines is 1. The fraction of sp³-hybridized carbons (Fsp3) is 0.250. The van der Waals surface area contributed by atoms with E-state index in [-0.39, 0.29) is 11.8 Å². The quantitative estimate of drug-likeness (QED) is 0.946. The number of thiophene rings is 1. The summed E-state index contributed by atoms with van der Waals surface area (Å²) in [5.41, 5.74) is 2.14. The Morgan fingerprint density at radius 2 is 2.05 bits per heavy atom. The first-order valence-corrected chi connectivity index (χ1v) is 7.78. The molecule has 1 aromatic heterocycles. The number of carbonyl (C=O) groups is 2. The molecule has 5 heteroatoms. The van der Waals surface area contributed by atoms with Crippen molar-refractivity contribution >= 4 is 28.8 Å². The predicted molar refractivity (Wildman–Crippen MR) is 83.7 cm³/mol. The molecule has 0 fully saturated rings. The summed E-state index contributed by atoms with van der Waals surface area (Å²) < 4.78 is 0. The van der Waals surface area contributed by atoms with Crippen molar-refractivity contribution in [1.82, 2.24) is 5.32 Å². The maximum atomic E-state index is 12.5. The Morgan fingerprint density at radius 3 is 2.81 bits per heavy atom. The van der Waals surface area contributed by atoms with Gasteiger partial charge < -0.3 is 10.2 Å². The summed E-state index contributed by atoms with van der Waals surface area (Å²) in [5.74, 6) is -0.261. The van der Waals surface area contributed by atoms with Crippen LogP contribution in [0, 0.1) is 0 Å². The van der Waals surface area contributed by atoms with Crippen molar-refractivity contribution < 1.29 is 9.59 Å². The Kier molecular flexibility index (Phi) is 3.75. The molecule has 0 spiro atoms. The Hall–Kier alpha value is -2.14. The Labute approximate surface area is 127 Å². The molecule has 1 atom stereocenters. The molecule has 0 aliphatic carbocycles. The van der Waals surface area contributed by atoms with Gasteiger partial charge in [-0.1, -0.05) is 24.3 Å². The van der Waals surface area contributed by atoms with Crippen LogP contribution in [-0.2, 0) is 11.2 Å². The van der Waals surface area contributed by atoms with Crippen molar-refractivity contribution in [3.63, 3.8) is 0 Å². The highest BCUT2D eigenvalue weighted by atomic mass is 32.1. The van der Waals surface area contributed by atoms with Gasteiger partial charge in [0.25, 0.3) is 5.91 Å². The van der Waals surface area contributed by atoms with Crippen LogP contribution in [0.2, 0.25) is 0 Å². The average molecular weight is 300 g/mol. The summed E-state index contributed by atoms with van der Waals surface area (Å²) in [4.78, 5) is 26.9. The monoisotopic (exact) mass is 300 g/mol. The van der Waals surface area contributed by atoms with Gasteiger partial charge >= 0.3 is 0 Å². The molecule has 1 aliphatic heterocycles. The molecule has 3 rings (SSSR count). The highest BCUT2D eigenvalue weighted by Crippen LogP contribution is 2.27. The van der Waals surface area contributed by atoms with Gasteiger partial charge in [0.1, 0.15) is 6.04 Å². The molecule has 108 valence electrons. The van der Waals surface area contributed by atoms with Crippen molar-refractivity contribution in [2.24, 2.45) is 0 Å². The SMILES string of the molecule is CC(NC(=O)c1cccs1)C(=O)N1CCc2ccccc21. The number of rotatable bonds is 3. The minimum atomic E-state index is -0.536. The lowest BCUT2D eigenvalue weighted by Gasteiger charge is -2.22. The summed E-state index contributed by atoms with van der Waals surface area (Å²) in [6, 6.07) is 10.9. The minimum Gasteiger partial charge on any atom is -0.340 e. The van der Waals surface area contributed by atoms with Gasteiger partial charge in [0.15, 0.2) is 0 Å². The number of fused-ring (bicyclic) bond motifs is 1. The highest BCUT2D eigenvalue weighted by molar-refractivity contribution is 7.12. The molecule has 21 heavy (non-hydrogen) atoms. The van der Waals surface area contributed by atoms with Crippen LogP contribution in [-0.4, -0.2) is 24.4 Å². The molecule has 0 radical (unpaired) electrons. The lowest BCUT2D eigenvalue weighted by atomic mass is 10.2. The molecule has 0 bridgehead atoms. The van der Waals surface area contributed by atoms with Crippen molar-refractivity contribution in [3.05, 3.63) is 52.2 Å². The van der Waals surface area contributed by atoms with Gasteiger partial charge in [-0.05, 0) is 36.4 Å². The second-order valence-electron chi connectivity index (χ2n) is 5.04. The number of nitrogens with zero attached hydrogens (tertiary/aromatic N) is 1. The third-order valence-electron chi connectivity index (χ3n) is 3.62. The zero-order valence-electron chi connectivity index (χ0n) is 11.7. The van der Waals surface area contributed by atoms with Crippen molar-refractivity contribution in [2.45, 2.75) is 19.4 Å². The van der Waals surface area contributed by atoms with E-state index in [1.807, 2.05) is 35.7 Å². The Morgan fingerprint density at radius 1 is 1.24 bits per heavy atom. The van der Waals surface area contributed by atoms with E-state index in [0.717, 1.165) is 12.1 Å². The zero-order chi connectivity index (χ0) is 14.8. The Bertz CT molecular complexity index is 667. The standard InChI is InChI=1S/C16H16N2O2S/c1-11(17-15(19)14-7-4-10-21-14)16(20)18-9-8-12-5-2-3-6-13(12)18/h2-7,10-11H,8-9H2,1H3,(H,17,19). The lowest BCUT2D eigenvalue weighted by Crippen LogP contribution is -2.46. The second-order valence-corrected chi connectivity index (χ2v) is 5.99. The topological polar surface area (TPSA) is 49.4 Å². The third kappa shape index (κ3) is 2.69. The van der Waals surface area contributed by atoms with E-state index in [4.69, 9.17) is 0 Å². The minimum absolute atomic E-state index is 0.0649. The number of para-hydroxylation sites is 1. The third-order valence-corrected chi connectivity index (χ3v) is 4.48. The summed E-state index contributed by atoms with van der Waals surface area (Å²) in [6.07, 6.45) is 0.869. The molecule has 1 aromatic carbocycles. The van der Waals surface area contributed by atoms with Crippen LogP contribution in [0.15, 0.2) is 41.8 Å². The van der Waals surface area contributed by atoms with Crippen LogP contribution in [0.5, 0.6) is 0 Å². The molecule has 2 aromatic rings. The maximum Gasteiger partial charge on any atom is 0.261 e. The fourth-order valence-corrected chi connectivity index (χ4v) is 3.17. The summed E-state index contributed by atoms with van der Waals surface area (Å²) >= 11 is 1.37. The smallest absolute Gasteiger partial charge is 0.261 e. The van der Waals surface area contributed by atoms with Gasteiger partial charge in [-0.2, -0.15) is 0 Å². The molecular weight excluding hydrogens is 284 g/mol. The van der Waals surface area contributed by atoms with E-state index in [1.54, 1.807) is 17.9 Å². The number of benzene rings is 1. The van der Waals surface area contributed by atoms with Gasteiger partial charge in [0, 0.05) is 12.2 Å². The fourth-order valence-electron chi connectivity index (χ4n) is 2.54. The summed E-state index contributed by atoms with van der Waals surface area (Å²) in [7, 11) is 0. The van der Waals surface area contributed by atoms with Crippen LogP contribution < -0.4 is 10.2 Å². The number of nitrogens with one attached hydrogen (secondary N) is 1. The molecule has 2 heterocycles. The lowest BCUT2D eigenvalue weighted by molar-refractivity contribution is -0.119. The first-order valence-electron chi connectivity index (χ1n) is 6.90. The second kappa shape index (κ2) is 5.69. The largest absolute Gasteiger partial charge is 0.340 e. The zero-order valence-corrected chi connectivity index (χ0v) is 12.5. The number of hydrogen-bond acceptors (Lipinski definition) is 3. The van der Waals surface area contributed by atoms with Crippen molar-refractivity contribution in [2.75, 3.05) is 11.4 Å². The van der Waals surface area contributed by atoms with Gasteiger partial charge in [-0.25, -0.2) is 0 Å². The van der Waals surface area contributed by atoms with Crippen LogP contribution in [0.3, 0.4) is 0 Å². The average Bonchev–Trinajstić information content (AvgIpc) is 3.15. The van der Waals surface area contributed by atoms with Crippen LogP contribution in [0.25, 0.3) is 0 Å². The molecule has 1 aliphatic rings. The van der Waals surface area contributed by atoms with Gasteiger partial charge in [0.05, 0.1) is 4.88 Å². The molecule has 0 saturated heterocycles. The van der Waals surface area contributed by atoms with E-state index >= 15 is 0 Å². The summed E-state index contributed by atoms with van der Waals surface area (Å²) in [6.45, 7) is 2.41. The molecule has 4 nitrogen and oxygen atoms in total. The normalized spacial score (nSPS) is 14.6. The van der Waals surface area contributed by atoms with E-state index < -0.39 is 6.04 Å². The van der Waals surface area contributed by atoms with E-state index in [0.29, 0.717) is 11.4 Å². The first kappa shape index (κ1) is 13.8. The number of amides is 2. The first-order chi connectivity index (χ1) is 10.2. The summed E-state index contributed by atoms with van der Waals surface area (Å²) in [5, 5.41) is 4.62. The molecule has 1 unspecified atom stereocenters. The predicted octanol–water partition coefficient (Wildman–Crippen LogP) is 2.46. The van der Waals surface area contributed by atoms with E-state index in [1.165, 1.54) is 16.9 Å². The van der Waals surface area contributed by atoms with Gasteiger partial charge in [-0.3, -0.25) is 9.59 Å². The van der Waals surface area contributed by atoms with E-state index in [9.17, 15) is 9.59 Å². The molecule has 2 amide bonds. The van der Waals surface area contributed by atoms with Gasteiger partial charge in [0.2, 0.25) is 5.91 Å². The molecule has 1 N–H and O–H groups in total. The number of hydrogen-bond donors (Lipinski definition) is 1. The van der Waals surface area contributed by atoms with Crippen LogP contribution >= 0.6 is 11.3 Å². The van der Waals surface area contributed by atoms with Crippen molar-refractivity contribution in [3.8, 4) is 0 Å². The Balaban J connectivity index is 1.70. The van der Waals surface area contributed by atoms with Crippen LogP contribution in [0.1, 0.15) is 22.2 Å². The molecule has 0 saturated carbocycles. The van der Waals surface area contributed by atoms with Gasteiger partial charge in [-0.15, -0.1) is 11.3 Å². The van der Waals surface area contributed by atoms with Crippen LogP contribution in [0.4, 0.5) is 5.69 Å². The molecular formula is C16H16N2O2S. The maximum absolute atomic E-state index is 12.5. The van der Waals surface area contributed by atoms with Crippen molar-refractivity contribution in [1.29, 1.82) is 0 Å². The number of carbonyl (C=O) groups excluding carboxylic acids is 2.